The van der Waals surface area contributed by atoms with E-state index in [2.05, 4.69) is 15.6 Å². The van der Waals surface area contributed by atoms with E-state index in [0.29, 0.717) is 0 Å². The highest BCUT2D eigenvalue weighted by Crippen LogP contribution is 2.12. The summed E-state index contributed by atoms with van der Waals surface area (Å²) in [5, 5.41) is 15.4. The SMILES string of the molecule is O=C(N[C@@H]1CCNC1)c1ncccc1O. The molecule has 0 saturated carbocycles. The molecule has 0 radical (unpaired) electrons. The van der Waals surface area contributed by atoms with Gasteiger partial charge in [0.2, 0.25) is 0 Å². The zero-order valence-corrected chi connectivity index (χ0v) is 8.23. The molecule has 0 aromatic carbocycles. The first-order chi connectivity index (χ1) is 7.27. The van der Waals surface area contributed by atoms with Crippen molar-refractivity contribution in [3.05, 3.63) is 24.0 Å². The van der Waals surface area contributed by atoms with Gasteiger partial charge in [0.15, 0.2) is 5.69 Å². The van der Waals surface area contributed by atoms with Crippen molar-refractivity contribution in [2.24, 2.45) is 0 Å². The normalized spacial score (nSPS) is 20.1. The molecule has 0 spiro atoms. The minimum absolute atomic E-state index is 0.0824. The van der Waals surface area contributed by atoms with E-state index in [9.17, 15) is 9.90 Å². The van der Waals surface area contributed by atoms with Crippen molar-refractivity contribution in [2.45, 2.75) is 12.5 Å². The van der Waals surface area contributed by atoms with Crippen molar-refractivity contribution in [1.29, 1.82) is 0 Å². The summed E-state index contributed by atoms with van der Waals surface area (Å²) in [5.41, 5.74) is 0.0874. The molecule has 1 aromatic heterocycles. The number of aromatic hydroxyl groups is 1. The molecule has 15 heavy (non-hydrogen) atoms. The van der Waals surface area contributed by atoms with Crippen LogP contribution < -0.4 is 10.6 Å². The predicted octanol–water partition coefficient (Wildman–Crippen LogP) is -0.121. The number of aromatic nitrogens is 1. The standard InChI is InChI=1S/C10H13N3O2/c14-8-2-1-4-12-9(8)10(15)13-7-3-5-11-6-7/h1-2,4,7,11,14H,3,5-6H2,(H,13,15)/t7-/m1/s1. The first kappa shape index (κ1) is 9.92. The van der Waals surface area contributed by atoms with Crippen LogP contribution in [0.15, 0.2) is 18.3 Å². The summed E-state index contributed by atoms with van der Waals surface area (Å²) in [7, 11) is 0. The summed E-state index contributed by atoms with van der Waals surface area (Å²) in [6.07, 6.45) is 2.40. The Morgan fingerprint density at radius 2 is 2.53 bits per heavy atom. The lowest BCUT2D eigenvalue weighted by Crippen LogP contribution is -2.36. The molecule has 0 aliphatic carbocycles. The van der Waals surface area contributed by atoms with Crippen molar-refractivity contribution in [3.8, 4) is 5.75 Å². The lowest BCUT2D eigenvalue weighted by Gasteiger charge is -2.10. The second-order valence-electron chi connectivity index (χ2n) is 3.53. The second kappa shape index (κ2) is 4.27. The van der Waals surface area contributed by atoms with Gasteiger partial charge in [-0.25, -0.2) is 4.98 Å². The van der Waals surface area contributed by atoms with Gasteiger partial charge < -0.3 is 15.7 Å². The summed E-state index contributed by atoms with van der Waals surface area (Å²) >= 11 is 0. The lowest BCUT2D eigenvalue weighted by molar-refractivity contribution is 0.0932. The quantitative estimate of drug-likeness (QED) is 0.632. The highest BCUT2D eigenvalue weighted by Gasteiger charge is 2.19. The zero-order valence-electron chi connectivity index (χ0n) is 8.23. The van der Waals surface area contributed by atoms with Crippen LogP contribution in [-0.2, 0) is 0 Å². The molecular weight excluding hydrogens is 194 g/mol. The van der Waals surface area contributed by atoms with Gasteiger partial charge in [0.05, 0.1) is 0 Å². The topological polar surface area (TPSA) is 74.2 Å². The smallest absolute Gasteiger partial charge is 0.273 e. The molecule has 5 nitrogen and oxygen atoms in total. The van der Waals surface area contributed by atoms with E-state index >= 15 is 0 Å². The fraction of sp³-hybridized carbons (Fsp3) is 0.400. The van der Waals surface area contributed by atoms with Crippen LogP contribution in [0.25, 0.3) is 0 Å². The summed E-state index contributed by atoms with van der Waals surface area (Å²) in [5.74, 6) is -0.400. The Bertz CT molecular complexity index is 361. The fourth-order valence-corrected chi connectivity index (χ4v) is 1.60. The summed E-state index contributed by atoms with van der Waals surface area (Å²) < 4.78 is 0. The maximum atomic E-state index is 11.7. The number of amides is 1. The number of carbonyl (C=O) groups excluding carboxylic acids is 1. The summed E-state index contributed by atoms with van der Waals surface area (Å²) in [6.45, 7) is 1.69. The van der Waals surface area contributed by atoms with Crippen LogP contribution in [0, 0.1) is 0 Å². The van der Waals surface area contributed by atoms with Gasteiger partial charge >= 0.3 is 0 Å². The maximum absolute atomic E-state index is 11.7. The van der Waals surface area contributed by atoms with Crippen LogP contribution in [0.5, 0.6) is 5.75 Å². The first-order valence-corrected chi connectivity index (χ1v) is 4.93. The highest BCUT2D eigenvalue weighted by molar-refractivity contribution is 5.94. The molecular formula is C10H13N3O2. The number of rotatable bonds is 2. The number of pyridine rings is 1. The molecule has 3 N–H and O–H groups in total. The fourth-order valence-electron chi connectivity index (χ4n) is 1.60. The maximum Gasteiger partial charge on any atom is 0.273 e. The molecule has 1 aliphatic heterocycles. The molecule has 1 atom stereocenters. The highest BCUT2D eigenvalue weighted by atomic mass is 16.3. The molecule has 0 unspecified atom stereocenters. The Balaban J connectivity index is 2.04. The molecule has 80 valence electrons. The van der Waals surface area contributed by atoms with Crippen LogP contribution in [0.2, 0.25) is 0 Å². The minimum Gasteiger partial charge on any atom is -0.505 e. The number of hydrogen-bond donors (Lipinski definition) is 3. The third-order valence-electron chi connectivity index (χ3n) is 2.40. The Labute approximate surface area is 87.5 Å². The average molecular weight is 207 g/mol. The summed E-state index contributed by atoms with van der Waals surface area (Å²) in [4.78, 5) is 15.5. The summed E-state index contributed by atoms with van der Waals surface area (Å²) in [6, 6.07) is 3.18. The number of nitrogens with zero attached hydrogens (tertiary/aromatic N) is 1. The van der Waals surface area contributed by atoms with Gasteiger partial charge in [-0.15, -0.1) is 0 Å². The second-order valence-corrected chi connectivity index (χ2v) is 3.53. The number of carbonyl (C=O) groups is 1. The van der Waals surface area contributed by atoms with Gasteiger partial charge in [-0.3, -0.25) is 4.79 Å². The van der Waals surface area contributed by atoms with Crippen molar-refractivity contribution < 1.29 is 9.90 Å². The van der Waals surface area contributed by atoms with Gasteiger partial charge in [0, 0.05) is 18.8 Å². The first-order valence-electron chi connectivity index (χ1n) is 4.93. The predicted molar refractivity (Wildman–Crippen MR) is 54.6 cm³/mol. The molecule has 1 saturated heterocycles. The third-order valence-corrected chi connectivity index (χ3v) is 2.40. The molecule has 2 heterocycles. The number of nitrogens with one attached hydrogen (secondary N) is 2. The Morgan fingerprint density at radius 1 is 1.67 bits per heavy atom. The molecule has 1 amide bonds. The molecule has 5 heteroatoms. The molecule has 1 aromatic rings. The monoisotopic (exact) mass is 207 g/mol. The van der Waals surface area contributed by atoms with Crippen LogP contribution in [-0.4, -0.2) is 35.1 Å². The molecule has 0 bridgehead atoms. The van der Waals surface area contributed by atoms with Gasteiger partial charge in [0.25, 0.3) is 5.91 Å². The van der Waals surface area contributed by atoms with Gasteiger partial charge in [-0.05, 0) is 25.1 Å². The van der Waals surface area contributed by atoms with E-state index in [-0.39, 0.29) is 23.4 Å². The van der Waals surface area contributed by atoms with Crippen LogP contribution in [0.4, 0.5) is 0 Å². The lowest BCUT2D eigenvalue weighted by atomic mass is 10.2. The Morgan fingerprint density at radius 3 is 3.20 bits per heavy atom. The molecule has 2 rings (SSSR count). The zero-order chi connectivity index (χ0) is 10.7. The van der Waals surface area contributed by atoms with E-state index < -0.39 is 0 Å². The van der Waals surface area contributed by atoms with E-state index in [4.69, 9.17) is 0 Å². The van der Waals surface area contributed by atoms with E-state index in [1.54, 1.807) is 6.07 Å². The van der Waals surface area contributed by atoms with Gasteiger partial charge in [0.1, 0.15) is 5.75 Å². The van der Waals surface area contributed by atoms with Crippen LogP contribution in [0.1, 0.15) is 16.9 Å². The van der Waals surface area contributed by atoms with Gasteiger partial charge in [-0.1, -0.05) is 0 Å². The van der Waals surface area contributed by atoms with Crippen molar-refractivity contribution in [1.82, 2.24) is 15.6 Å². The Hall–Kier alpha value is -1.62. The van der Waals surface area contributed by atoms with Crippen LogP contribution in [0.3, 0.4) is 0 Å². The number of hydrogen-bond acceptors (Lipinski definition) is 4. The third kappa shape index (κ3) is 2.24. The van der Waals surface area contributed by atoms with E-state index in [1.807, 2.05) is 0 Å². The molecule has 1 fully saturated rings. The van der Waals surface area contributed by atoms with E-state index in [0.717, 1.165) is 19.5 Å². The minimum atomic E-state index is -0.318. The van der Waals surface area contributed by atoms with Crippen molar-refractivity contribution >= 4 is 5.91 Å². The van der Waals surface area contributed by atoms with Gasteiger partial charge in [-0.2, -0.15) is 0 Å². The largest absolute Gasteiger partial charge is 0.505 e. The van der Waals surface area contributed by atoms with Crippen molar-refractivity contribution in [2.75, 3.05) is 13.1 Å². The Kier molecular flexibility index (Phi) is 2.82. The van der Waals surface area contributed by atoms with Crippen LogP contribution >= 0.6 is 0 Å². The van der Waals surface area contributed by atoms with Crippen molar-refractivity contribution in [3.63, 3.8) is 0 Å². The molecule has 1 aliphatic rings. The average Bonchev–Trinajstić information content (AvgIpc) is 2.71. The van der Waals surface area contributed by atoms with E-state index in [1.165, 1.54) is 12.3 Å².